The van der Waals surface area contributed by atoms with Crippen molar-refractivity contribution in [1.29, 1.82) is 0 Å². The van der Waals surface area contributed by atoms with Gasteiger partial charge in [0.25, 0.3) is 0 Å². The fraction of sp³-hybridized carbons (Fsp3) is 0.190. The molecule has 2 aromatic heterocycles. The lowest BCUT2D eigenvalue weighted by molar-refractivity contribution is -0.468. The summed E-state index contributed by atoms with van der Waals surface area (Å²) >= 11 is 0. The highest BCUT2D eigenvalue weighted by molar-refractivity contribution is 6.06. The molecule has 172 valence electrons. The molecule has 5 N–H and O–H groups in total. The number of carbonyl (C=O) groups is 1. The van der Waals surface area contributed by atoms with Gasteiger partial charge < -0.3 is 15.8 Å². The molecule has 0 atom stereocenters. The third-order valence-corrected chi connectivity index (χ3v) is 4.18. The second kappa shape index (κ2) is 10.4. The topological polar surface area (TPSA) is 129 Å². The Kier molecular flexibility index (Phi) is 7.38. The number of anilines is 1. The predicted molar refractivity (Wildman–Crippen MR) is 116 cm³/mol. The highest BCUT2D eigenvalue weighted by Gasteiger charge is 2.30. The summed E-state index contributed by atoms with van der Waals surface area (Å²) in [5.41, 5.74) is 8.26. The fourth-order valence-corrected chi connectivity index (χ4v) is 2.72. The van der Waals surface area contributed by atoms with E-state index in [9.17, 15) is 18.0 Å². The summed E-state index contributed by atoms with van der Waals surface area (Å²) in [6.45, 7) is 2.60. The molecule has 0 aliphatic carbocycles. The van der Waals surface area contributed by atoms with Crippen molar-refractivity contribution in [2.45, 2.75) is 19.8 Å². The van der Waals surface area contributed by atoms with Gasteiger partial charge in [-0.15, -0.1) is 13.2 Å². The molecule has 9 nitrogen and oxygen atoms in total. The highest BCUT2D eigenvalue weighted by Crippen LogP contribution is 2.22. The Hall–Kier alpha value is -4.22. The van der Waals surface area contributed by atoms with Crippen LogP contribution in [0.4, 0.5) is 23.8 Å². The summed E-state index contributed by atoms with van der Waals surface area (Å²) in [6, 6.07) is 8.40. The zero-order valence-corrected chi connectivity index (χ0v) is 17.5. The van der Waals surface area contributed by atoms with Gasteiger partial charge >= 0.3 is 12.4 Å². The Morgan fingerprint density at radius 3 is 2.61 bits per heavy atom. The minimum atomic E-state index is -4.73. The lowest BCUT2D eigenvalue weighted by Gasteiger charge is -2.08. The van der Waals surface area contributed by atoms with Crippen molar-refractivity contribution in [1.82, 2.24) is 20.3 Å². The molecule has 0 spiro atoms. The van der Waals surface area contributed by atoms with Crippen LogP contribution in [-0.4, -0.2) is 40.1 Å². The number of nitrogens with zero attached hydrogens (tertiary/aromatic N) is 3. The van der Waals surface area contributed by atoms with E-state index >= 15 is 0 Å². The van der Waals surface area contributed by atoms with E-state index in [2.05, 4.69) is 35.3 Å². The van der Waals surface area contributed by atoms with Gasteiger partial charge in [-0.1, -0.05) is 0 Å². The first-order valence-electron chi connectivity index (χ1n) is 9.79. The van der Waals surface area contributed by atoms with Crippen molar-refractivity contribution in [3.63, 3.8) is 0 Å². The molecule has 3 rings (SSSR count). The van der Waals surface area contributed by atoms with Gasteiger partial charge in [-0.3, -0.25) is 10.3 Å². The van der Waals surface area contributed by atoms with Crippen molar-refractivity contribution < 1.29 is 27.7 Å². The van der Waals surface area contributed by atoms with Crippen LogP contribution in [0.25, 0.3) is 16.7 Å². The zero-order chi connectivity index (χ0) is 23.8. The summed E-state index contributed by atoms with van der Waals surface area (Å²) in [4.78, 5) is 27.8. The van der Waals surface area contributed by atoms with Crippen LogP contribution in [0.2, 0.25) is 0 Å². The van der Waals surface area contributed by atoms with Crippen molar-refractivity contribution in [2.75, 3.05) is 11.9 Å². The van der Waals surface area contributed by atoms with E-state index in [1.165, 1.54) is 36.7 Å². The van der Waals surface area contributed by atoms with Gasteiger partial charge in [0.1, 0.15) is 17.1 Å². The number of carbonyl (C=O) groups excluding carboxylic acids is 1. The predicted octanol–water partition coefficient (Wildman–Crippen LogP) is 1.72. The average molecular weight is 460 g/mol. The Morgan fingerprint density at radius 2 is 1.94 bits per heavy atom. The maximum absolute atomic E-state index is 12.2. The summed E-state index contributed by atoms with van der Waals surface area (Å²) in [5.74, 6) is 0.0241. The number of nitrogens with one attached hydrogen (secondary N) is 3. The summed E-state index contributed by atoms with van der Waals surface area (Å²) in [5, 5.41) is 5.22. The number of hydrogen-bond acceptors (Lipinski definition) is 6. The van der Waals surface area contributed by atoms with Gasteiger partial charge in [0.15, 0.2) is 18.4 Å². The summed E-state index contributed by atoms with van der Waals surface area (Å²) < 4.78 is 40.6. The van der Waals surface area contributed by atoms with E-state index < -0.39 is 6.36 Å². The molecule has 3 aromatic rings. The van der Waals surface area contributed by atoms with E-state index in [4.69, 9.17) is 5.73 Å². The highest BCUT2D eigenvalue weighted by atomic mass is 19.4. The number of urea groups is 1. The van der Waals surface area contributed by atoms with Crippen molar-refractivity contribution in [3.05, 3.63) is 60.1 Å². The Labute approximate surface area is 186 Å². The second-order valence-electron chi connectivity index (χ2n) is 6.62. The van der Waals surface area contributed by atoms with Crippen molar-refractivity contribution in [2.24, 2.45) is 5.73 Å². The molecule has 0 saturated carbocycles. The largest absolute Gasteiger partial charge is 0.573 e. The first-order chi connectivity index (χ1) is 15.8. The molecule has 33 heavy (non-hydrogen) atoms. The Bertz CT molecular complexity index is 1180. The van der Waals surface area contributed by atoms with Gasteiger partial charge in [-0.2, -0.15) is 0 Å². The number of rotatable bonds is 7. The van der Waals surface area contributed by atoms with Gasteiger partial charge in [-0.25, -0.2) is 19.8 Å². The standard InChI is InChI=1S/C21H20F3N7O2/c1-2-27-20(32)31-18-8-7-16-19(30-18)29-17(12-28-16)14(9-25)11-26-10-13-3-5-15(6-4-13)33-21(22,23)24/h3-9,11-12H,2,10,25H2,1H3,(H2,27,29,30,31,32)/p+1. The van der Waals surface area contributed by atoms with Gasteiger partial charge in [-0.05, 0) is 43.3 Å². The minimum absolute atomic E-state index is 0.294. The number of halogens is 3. The first-order valence-corrected chi connectivity index (χ1v) is 9.79. The third kappa shape index (κ3) is 6.89. The second-order valence-corrected chi connectivity index (χ2v) is 6.62. The molecule has 0 unspecified atom stereocenters. The van der Waals surface area contributed by atoms with Gasteiger partial charge in [0.2, 0.25) is 0 Å². The zero-order valence-electron chi connectivity index (χ0n) is 17.5. The fourth-order valence-electron chi connectivity index (χ4n) is 2.72. The van der Waals surface area contributed by atoms with Crippen LogP contribution in [0, 0.1) is 0 Å². The molecular weight excluding hydrogens is 439 g/mol. The lowest BCUT2D eigenvalue weighted by Crippen LogP contribution is -2.67. The third-order valence-electron chi connectivity index (χ3n) is 4.18. The molecule has 2 amide bonds. The van der Waals surface area contributed by atoms with E-state index in [0.29, 0.717) is 41.3 Å². The average Bonchev–Trinajstić information content (AvgIpc) is 2.76. The minimum Gasteiger partial charge on any atom is -0.406 e. The summed E-state index contributed by atoms with van der Waals surface area (Å²) in [6.07, 6.45) is -0.267. The van der Waals surface area contributed by atoms with Crippen molar-refractivity contribution >= 4 is 34.8 Å². The maximum Gasteiger partial charge on any atom is 0.573 e. The number of amides is 2. The van der Waals surface area contributed by atoms with E-state index in [1.54, 1.807) is 25.3 Å². The maximum atomic E-state index is 12.2. The number of alkyl halides is 3. The number of nitrogens with two attached hydrogens (primary N) is 1. The Balaban J connectivity index is 1.71. The number of allylic oxidation sites excluding steroid dienone is 1. The van der Waals surface area contributed by atoms with Crippen LogP contribution < -0.4 is 26.1 Å². The first kappa shape index (κ1) is 23.4. The van der Waals surface area contributed by atoms with Crippen molar-refractivity contribution in [3.8, 4) is 5.75 Å². The molecule has 2 heterocycles. The number of ether oxygens (including phenoxy) is 1. The smallest absolute Gasteiger partial charge is 0.406 e. The van der Waals surface area contributed by atoms with Crippen LogP contribution >= 0.6 is 0 Å². The van der Waals surface area contributed by atoms with Crippen LogP contribution in [0.1, 0.15) is 18.2 Å². The quantitative estimate of drug-likeness (QED) is 0.398. The van der Waals surface area contributed by atoms with E-state index in [-0.39, 0.29) is 11.8 Å². The number of fused-ring (bicyclic) bond motifs is 1. The number of pyridine rings is 1. The monoisotopic (exact) mass is 460 g/mol. The molecule has 0 fully saturated rings. The number of aromatic nitrogens is 3. The summed E-state index contributed by atoms with van der Waals surface area (Å²) in [7, 11) is 0. The van der Waals surface area contributed by atoms with Crippen LogP contribution in [0.5, 0.6) is 5.75 Å². The Morgan fingerprint density at radius 1 is 1.18 bits per heavy atom. The van der Waals surface area contributed by atoms with Crippen LogP contribution in [0.15, 0.2) is 48.8 Å². The van der Waals surface area contributed by atoms with E-state index in [0.717, 1.165) is 5.56 Å². The molecule has 0 bridgehead atoms. The molecule has 12 heteroatoms. The van der Waals surface area contributed by atoms with E-state index in [1.807, 2.05) is 0 Å². The normalized spacial score (nSPS) is 12.2. The number of hydrogen-bond donors (Lipinski definition) is 4. The van der Waals surface area contributed by atoms with Gasteiger partial charge in [0.05, 0.1) is 17.5 Å². The number of benzene rings is 1. The molecule has 0 saturated heterocycles. The molecule has 0 aliphatic rings. The SMILES string of the molecule is CCNC(=O)Nc1ccc2ncc(C(C=[NH+]Cc3ccc(OC(F)(F)F)cc3)=CN)nc2n1. The molecule has 0 aliphatic heterocycles. The van der Waals surface area contributed by atoms with Gasteiger partial charge in [0, 0.05) is 18.3 Å². The molecular formula is C21H21F3N7O2+. The lowest BCUT2D eigenvalue weighted by atomic mass is 10.2. The van der Waals surface area contributed by atoms with Crippen LogP contribution in [-0.2, 0) is 6.54 Å². The molecule has 1 aromatic carbocycles. The molecule has 0 radical (unpaired) electrons. The van der Waals surface area contributed by atoms with Crippen LogP contribution in [0.3, 0.4) is 0 Å².